The molecular weight excluding hydrogens is 699 g/mol. The third-order valence-corrected chi connectivity index (χ3v) is 10.3. The van der Waals surface area contributed by atoms with Crippen LogP contribution in [0.2, 0.25) is 0 Å². The van der Waals surface area contributed by atoms with Gasteiger partial charge in [0.1, 0.15) is 6.10 Å². The summed E-state index contributed by atoms with van der Waals surface area (Å²) in [6, 6.07) is 0. The zero-order valence-corrected chi connectivity index (χ0v) is 37.8. The molecule has 0 saturated heterocycles. The number of hydrogen-bond acceptors (Lipinski definition) is 7. The maximum absolute atomic E-state index is 12.6. The number of carbonyl (C=O) groups is 3. The molecule has 0 amide bonds. The third kappa shape index (κ3) is 43.0. The van der Waals surface area contributed by atoms with Crippen LogP contribution < -0.4 is 0 Å². The van der Waals surface area contributed by atoms with Gasteiger partial charge in [0.05, 0.1) is 13.7 Å². The molecule has 1 unspecified atom stereocenters. The number of hydrogen-bond donors (Lipinski definition) is 0. The van der Waals surface area contributed by atoms with E-state index in [2.05, 4.69) is 68.8 Å². The summed E-state index contributed by atoms with van der Waals surface area (Å²) in [6.45, 7) is 7.68. The fraction of sp³-hybridized carbons (Fsp3) is 0.857. The third-order valence-electron chi connectivity index (χ3n) is 10.3. The van der Waals surface area contributed by atoms with Crippen molar-refractivity contribution in [3.63, 3.8) is 0 Å². The molecular formula is C49H91NO6. The average Bonchev–Trinajstić information content (AvgIpc) is 3.15. The maximum Gasteiger partial charge on any atom is 0.306 e. The Morgan fingerprint density at radius 3 is 1.23 bits per heavy atom. The molecule has 56 heavy (non-hydrogen) atoms. The van der Waals surface area contributed by atoms with Gasteiger partial charge in [0.15, 0.2) is 0 Å². The van der Waals surface area contributed by atoms with Gasteiger partial charge in [-0.25, -0.2) is 0 Å². The predicted molar refractivity (Wildman–Crippen MR) is 237 cm³/mol. The summed E-state index contributed by atoms with van der Waals surface area (Å²) in [5, 5.41) is 0. The Morgan fingerprint density at radius 2 is 0.839 bits per heavy atom. The second kappa shape index (κ2) is 39.7. The molecule has 0 aromatic rings. The molecule has 0 fully saturated rings. The number of carbonyl (C=O) groups excluding carboxylic acids is 3. The van der Waals surface area contributed by atoms with E-state index in [1.54, 1.807) is 0 Å². The molecule has 0 bridgehead atoms. The first kappa shape index (κ1) is 53.9. The smallest absolute Gasteiger partial charge is 0.306 e. The second-order valence-corrected chi connectivity index (χ2v) is 17.8. The van der Waals surface area contributed by atoms with Gasteiger partial charge < -0.3 is 19.1 Å². The van der Waals surface area contributed by atoms with E-state index in [-0.39, 0.29) is 29.4 Å². The van der Waals surface area contributed by atoms with Crippen LogP contribution in [0.15, 0.2) is 24.3 Å². The first-order chi connectivity index (χ1) is 27.0. The van der Waals surface area contributed by atoms with Crippen LogP contribution >= 0.6 is 0 Å². The van der Waals surface area contributed by atoms with Gasteiger partial charge in [-0.1, -0.05) is 135 Å². The summed E-state index contributed by atoms with van der Waals surface area (Å²) >= 11 is 0. The van der Waals surface area contributed by atoms with Gasteiger partial charge in [-0.15, -0.1) is 0 Å². The standard InChI is InChI=1S/C49H91NO6/c1-49(2,3)44-55-47(52)41-36-32-28-24-20-16-12-8-10-14-18-22-26-30-34-39-45(56-48(53)42-37-43-50(4)5)38-33-29-25-21-17-13-9-7-11-15-19-23-27-31-35-40-46(51)54-6/h7-8,11-12,45H,9-10,13-44H2,1-6H3/b11-7-,12-8-. The first-order valence-electron chi connectivity index (χ1n) is 23.4. The summed E-state index contributed by atoms with van der Waals surface area (Å²) < 4.78 is 16.0. The van der Waals surface area contributed by atoms with Gasteiger partial charge >= 0.3 is 17.9 Å². The number of allylic oxidation sites excluding steroid dienone is 4. The maximum atomic E-state index is 12.6. The van der Waals surface area contributed by atoms with Crippen molar-refractivity contribution in [1.29, 1.82) is 0 Å². The zero-order chi connectivity index (χ0) is 41.4. The lowest BCUT2D eigenvalue weighted by molar-refractivity contribution is -0.150. The van der Waals surface area contributed by atoms with Crippen LogP contribution in [0.5, 0.6) is 0 Å². The normalized spacial score (nSPS) is 12.6. The average molecular weight is 790 g/mol. The van der Waals surface area contributed by atoms with Crippen LogP contribution in [-0.4, -0.2) is 63.3 Å². The van der Waals surface area contributed by atoms with Crippen LogP contribution in [0.3, 0.4) is 0 Å². The zero-order valence-electron chi connectivity index (χ0n) is 37.8. The number of unbranched alkanes of at least 4 members (excludes halogenated alkanes) is 22. The lowest BCUT2D eigenvalue weighted by Gasteiger charge is -2.18. The molecule has 0 rings (SSSR count). The van der Waals surface area contributed by atoms with E-state index in [9.17, 15) is 14.4 Å². The van der Waals surface area contributed by atoms with E-state index in [1.165, 1.54) is 129 Å². The molecule has 0 aromatic heterocycles. The highest BCUT2D eigenvalue weighted by Gasteiger charge is 2.15. The highest BCUT2D eigenvalue weighted by Crippen LogP contribution is 2.19. The number of nitrogens with zero attached hydrogens (tertiary/aromatic N) is 1. The van der Waals surface area contributed by atoms with Crippen LogP contribution in [0, 0.1) is 5.41 Å². The number of ether oxygens (including phenoxy) is 3. The molecule has 7 nitrogen and oxygen atoms in total. The fourth-order valence-electron chi connectivity index (χ4n) is 6.80. The van der Waals surface area contributed by atoms with Crippen molar-refractivity contribution in [2.24, 2.45) is 5.41 Å². The molecule has 1 atom stereocenters. The highest BCUT2D eigenvalue weighted by molar-refractivity contribution is 5.70. The lowest BCUT2D eigenvalue weighted by Crippen LogP contribution is -2.20. The number of methoxy groups -OCH3 is 1. The summed E-state index contributed by atoms with van der Waals surface area (Å²) in [7, 11) is 5.56. The van der Waals surface area contributed by atoms with Crippen LogP contribution in [0.1, 0.15) is 226 Å². The quantitative estimate of drug-likeness (QED) is 0.0265. The van der Waals surface area contributed by atoms with Crippen molar-refractivity contribution in [2.75, 3.05) is 34.4 Å². The predicted octanol–water partition coefficient (Wildman–Crippen LogP) is 13.8. The molecule has 0 aromatic carbocycles. The minimum Gasteiger partial charge on any atom is -0.469 e. The Labute approximate surface area is 346 Å². The molecule has 0 aliphatic rings. The molecule has 0 saturated carbocycles. The number of rotatable bonds is 40. The van der Waals surface area contributed by atoms with Crippen molar-refractivity contribution in [3.05, 3.63) is 24.3 Å². The Bertz CT molecular complexity index is 968. The Kier molecular flexibility index (Phi) is 38.1. The van der Waals surface area contributed by atoms with Gasteiger partial charge in [0, 0.05) is 19.3 Å². The molecule has 0 aliphatic heterocycles. The molecule has 0 spiro atoms. The largest absolute Gasteiger partial charge is 0.469 e. The van der Waals surface area contributed by atoms with Gasteiger partial charge in [-0.3, -0.25) is 14.4 Å². The molecule has 328 valence electrons. The topological polar surface area (TPSA) is 82.1 Å². The van der Waals surface area contributed by atoms with Gasteiger partial charge in [0.2, 0.25) is 0 Å². The Morgan fingerprint density at radius 1 is 0.482 bits per heavy atom. The van der Waals surface area contributed by atoms with E-state index in [1.807, 2.05) is 0 Å². The van der Waals surface area contributed by atoms with E-state index in [0.717, 1.165) is 70.8 Å². The lowest BCUT2D eigenvalue weighted by atomic mass is 9.99. The van der Waals surface area contributed by atoms with Crippen molar-refractivity contribution in [2.45, 2.75) is 232 Å². The van der Waals surface area contributed by atoms with Crippen molar-refractivity contribution < 1.29 is 28.6 Å². The van der Waals surface area contributed by atoms with E-state index >= 15 is 0 Å². The second-order valence-electron chi connectivity index (χ2n) is 17.8. The monoisotopic (exact) mass is 790 g/mol. The molecule has 0 aliphatic carbocycles. The van der Waals surface area contributed by atoms with Gasteiger partial charge in [0.25, 0.3) is 0 Å². The minimum atomic E-state index is -0.0924. The first-order valence-corrected chi connectivity index (χ1v) is 23.4. The van der Waals surface area contributed by atoms with Gasteiger partial charge in [-0.2, -0.15) is 0 Å². The summed E-state index contributed by atoms with van der Waals surface area (Å²) in [5.41, 5.74) is 0.0394. The summed E-state index contributed by atoms with van der Waals surface area (Å²) in [6.07, 6.45) is 45.3. The van der Waals surface area contributed by atoms with Crippen molar-refractivity contribution >= 4 is 17.9 Å². The summed E-state index contributed by atoms with van der Waals surface area (Å²) in [5.74, 6) is -0.158. The van der Waals surface area contributed by atoms with Gasteiger partial charge in [-0.05, 0) is 122 Å². The van der Waals surface area contributed by atoms with E-state index in [0.29, 0.717) is 25.9 Å². The molecule has 0 heterocycles. The fourth-order valence-corrected chi connectivity index (χ4v) is 6.80. The van der Waals surface area contributed by atoms with E-state index in [4.69, 9.17) is 9.47 Å². The SMILES string of the molecule is COC(=O)CCCCCCC/C=C\CCCCCCCCC(CCCCCCCC/C=C\CCCCCCCC(=O)OCC(C)(C)C)OC(=O)CCCN(C)C. The Hall–Kier alpha value is -2.15. The van der Waals surface area contributed by atoms with Crippen molar-refractivity contribution in [1.82, 2.24) is 4.90 Å². The van der Waals surface area contributed by atoms with Crippen LogP contribution in [-0.2, 0) is 28.6 Å². The molecule has 7 heteroatoms. The minimum absolute atomic E-state index is 0.0145. The van der Waals surface area contributed by atoms with Crippen molar-refractivity contribution in [3.8, 4) is 0 Å². The van der Waals surface area contributed by atoms with Crippen LogP contribution in [0.4, 0.5) is 0 Å². The Balaban J connectivity index is 3.93. The van der Waals surface area contributed by atoms with Crippen LogP contribution in [0.25, 0.3) is 0 Å². The number of esters is 3. The molecule has 0 N–H and O–H groups in total. The highest BCUT2D eigenvalue weighted by atomic mass is 16.5. The molecule has 0 radical (unpaired) electrons. The summed E-state index contributed by atoms with van der Waals surface area (Å²) in [4.78, 5) is 37.7. The van der Waals surface area contributed by atoms with E-state index < -0.39 is 0 Å².